The molecule has 0 aliphatic rings. The Morgan fingerprint density at radius 1 is 1.47 bits per heavy atom. The van der Waals surface area contributed by atoms with Gasteiger partial charge in [0.2, 0.25) is 0 Å². The van der Waals surface area contributed by atoms with Crippen LogP contribution in [0.5, 0.6) is 5.75 Å². The van der Waals surface area contributed by atoms with Gasteiger partial charge >= 0.3 is 0 Å². The molecular weight excluding hydrogens is 190 g/mol. The summed E-state index contributed by atoms with van der Waals surface area (Å²) in [6, 6.07) is 5.69. The summed E-state index contributed by atoms with van der Waals surface area (Å²) in [7, 11) is 1.65. The molecule has 0 saturated heterocycles. The molecule has 1 aromatic carbocycles. The highest BCUT2D eigenvalue weighted by Crippen LogP contribution is 2.21. The second-order valence-electron chi connectivity index (χ2n) is 3.59. The fraction of sp³-hybridized carbons (Fsp3) is 0.500. The van der Waals surface area contributed by atoms with Crippen LogP contribution in [0.15, 0.2) is 18.2 Å². The Morgan fingerprint density at radius 2 is 2.20 bits per heavy atom. The standard InChI is InChI=1S/C12H19NO2/c1-4-7-13-12(14)10-5-6-11(15-3)9(2)8-10/h5-6,8,12-14H,4,7H2,1-3H3. The number of methoxy groups -OCH3 is 1. The predicted octanol–water partition coefficient (Wildman–Crippen LogP) is 1.99. The summed E-state index contributed by atoms with van der Waals surface area (Å²) in [6.45, 7) is 4.85. The lowest BCUT2D eigenvalue weighted by atomic mass is 10.1. The van der Waals surface area contributed by atoms with Gasteiger partial charge in [0.25, 0.3) is 0 Å². The molecule has 0 fully saturated rings. The van der Waals surface area contributed by atoms with E-state index in [-0.39, 0.29) is 0 Å². The Kier molecular flexibility index (Phi) is 4.59. The number of hydrogen-bond donors (Lipinski definition) is 2. The van der Waals surface area contributed by atoms with Gasteiger partial charge in [-0.1, -0.05) is 13.0 Å². The first-order valence-corrected chi connectivity index (χ1v) is 5.25. The van der Waals surface area contributed by atoms with Crippen LogP contribution in [0.3, 0.4) is 0 Å². The van der Waals surface area contributed by atoms with Crippen molar-refractivity contribution in [1.82, 2.24) is 5.32 Å². The number of rotatable bonds is 5. The van der Waals surface area contributed by atoms with Gasteiger partial charge in [-0.2, -0.15) is 0 Å². The topological polar surface area (TPSA) is 41.5 Å². The van der Waals surface area contributed by atoms with Crippen molar-refractivity contribution in [2.75, 3.05) is 13.7 Å². The number of ether oxygens (including phenoxy) is 1. The van der Waals surface area contributed by atoms with Crippen LogP contribution in [-0.4, -0.2) is 18.8 Å². The first-order valence-electron chi connectivity index (χ1n) is 5.25. The van der Waals surface area contributed by atoms with Crippen LogP contribution in [0.1, 0.15) is 30.7 Å². The molecule has 0 bridgehead atoms. The molecule has 15 heavy (non-hydrogen) atoms. The van der Waals surface area contributed by atoms with E-state index < -0.39 is 6.23 Å². The first-order chi connectivity index (χ1) is 7.19. The Bertz CT molecular complexity index is 312. The molecule has 1 unspecified atom stereocenters. The Hall–Kier alpha value is -1.06. The number of aliphatic hydroxyl groups is 1. The highest BCUT2D eigenvalue weighted by Gasteiger charge is 2.07. The Labute approximate surface area is 91.1 Å². The summed E-state index contributed by atoms with van der Waals surface area (Å²) in [6.07, 6.45) is 0.418. The molecule has 1 rings (SSSR count). The fourth-order valence-corrected chi connectivity index (χ4v) is 1.47. The number of hydrogen-bond acceptors (Lipinski definition) is 3. The summed E-state index contributed by atoms with van der Waals surface area (Å²) in [5.74, 6) is 0.849. The van der Waals surface area contributed by atoms with Crippen molar-refractivity contribution in [1.29, 1.82) is 0 Å². The maximum atomic E-state index is 9.79. The van der Waals surface area contributed by atoms with E-state index in [2.05, 4.69) is 12.2 Å². The van der Waals surface area contributed by atoms with Gasteiger partial charge in [-0.25, -0.2) is 0 Å². The summed E-state index contributed by atoms with van der Waals surface area (Å²) in [4.78, 5) is 0. The van der Waals surface area contributed by atoms with E-state index in [1.807, 2.05) is 25.1 Å². The molecule has 0 aliphatic carbocycles. The highest BCUT2D eigenvalue weighted by molar-refractivity contribution is 5.36. The van der Waals surface area contributed by atoms with Gasteiger partial charge in [-0.3, -0.25) is 5.32 Å². The summed E-state index contributed by atoms with van der Waals surface area (Å²) in [5, 5.41) is 12.8. The molecule has 84 valence electrons. The second-order valence-corrected chi connectivity index (χ2v) is 3.59. The smallest absolute Gasteiger partial charge is 0.131 e. The zero-order chi connectivity index (χ0) is 11.3. The van der Waals surface area contributed by atoms with Crippen LogP contribution in [0.25, 0.3) is 0 Å². The Morgan fingerprint density at radius 3 is 2.73 bits per heavy atom. The van der Waals surface area contributed by atoms with Crippen LogP contribution in [0.4, 0.5) is 0 Å². The van der Waals surface area contributed by atoms with Crippen molar-refractivity contribution in [2.24, 2.45) is 0 Å². The van der Waals surface area contributed by atoms with Gasteiger partial charge in [-0.05, 0) is 43.1 Å². The Balaban J connectivity index is 2.73. The SMILES string of the molecule is CCCNC(O)c1ccc(OC)c(C)c1. The van der Waals surface area contributed by atoms with E-state index in [1.54, 1.807) is 7.11 Å². The van der Waals surface area contributed by atoms with Gasteiger partial charge < -0.3 is 9.84 Å². The van der Waals surface area contributed by atoms with Crippen LogP contribution < -0.4 is 10.1 Å². The van der Waals surface area contributed by atoms with E-state index in [0.717, 1.165) is 29.8 Å². The molecular formula is C12H19NO2. The van der Waals surface area contributed by atoms with Gasteiger partial charge in [-0.15, -0.1) is 0 Å². The molecule has 0 saturated carbocycles. The van der Waals surface area contributed by atoms with E-state index in [0.29, 0.717) is 0 Å². The zero-order valence-corrected chi connectivity index (χ0v) is 9.58. The number of nitrogens with one attached hydrogen (secondary N) is 1. The van der Waals surface area contributed by atoms with Crippen molar-refractivity contribution in [2.45, 2.75) is 26.5 Å². The zero-order valence-electron chi connectivity index (χ0n) is 9.58. The summed E-state index contributed by atoms with van der Waals surface area (Å²) >= 11 is 0. The van der Waals surface area contributed by atoms with E-state index in [1.165, 1.54) is 0 Å². The third-order valence-corrected chi connectivity index (χ3v) is 2.32. The monoisotopic (exact) mass is 209 g/mol. The van der Waals surface area contributed by atoms with Crippen LogP contribution in [0, 0.1) is 6.92 Å². The van der Waals surface area contributed by atoms with Crippen LogP contribution in [-0.2, 0) is 0 Å². The lowest BCUT2D eigenvalue weighted by Gasteiger charge is -2.14. The van der Waals surface area contributed by atoms with Gasteiger partial charge in [0, 0.05) is 0 Å². The molecule has 3 heteroatoms. The van der Waals surface area contributed by atoms with Gasteiger partial charge in [0.15, 0.2) is 0 Å². The number of benzene rings is 1. The van der Waals surface area contributed by atoms with Gasteiger partial charge in [0.1, 0.15) is 12.0 Å². The molecule has 2 N–H and O–H groups in total. The normalized spacial score (nSPS) is 12.5. The molecule has 1 atom stereocenters. The van der Waals surface area contributed by atoms with Crippen molar-refractivity contribution in [3.63, 3.8) is 0 Å². The van der Waals surface area contributed by atoms with Crippen molar-refractivity contribution in [3.8, 4) is 5.75 Å². The molecule has 0 radical (unpaired) electrons. The predicted molar refractivity (Wildman–Crippen MR) is 61.0 cm³/mol. The number of aryl methyl sites for hydroxylation is 1. The molecule has 3 nitrogen and oxygen atoms in total. The van der Waals surface area contributed by atoms with Gasteiger partial charge in [0.05, 0.1) is 7.11 Å². The molecule has 0 heterocycles. The molecule has 0 aliphatic heterocycles. The molecule has 1 aromatic rings. The molecule has 0 amide bonds. The van der Waals surface area contributed by atoms with Crippen LogP contribution in [0.2, 0.25) is 0 Å². The third kappa shape index (κ3) is 3.22. The molecule has 0 spiro atoms. The second kappa shape index (κ2) is 5.73. The highest BCUT2D eigenvalue weighted by atomic mass is 16.5. The maximum absolute atomic E-state index is 9.79. The maximum Gasteiger partial charge on any atom is 0.131 e. The summed E-state index contributed by atoms with van der Waals surface area (Å²) < 4.78 is 5.16. The summed E-state index contributed by atoms with van der Waals surface area (Å²) in [5.41, 5.74) is 1.91. The van der Waals surface area contributed by atoms with E-state index in [4.69, 9.17) is 4.74 Å². The lowest BCUT2D eigenvalue weighted by Crippen LogP contribution is -2.21. The largest absolute Gasteiger partial charge is 0.496 e. The first kappa shape index (κ1) is 12.0. The average molecular weight is 209 g/mol. The average Bonchev–Trinajstić information content (AvgIpc) is 2.25. The van der Waals surface area contributed by atoms with E-state index in [9.17, 15) is 5.11 Å². The third-order valence-electron chi connectivity index (χ3n) is 2.32. The van der Waals surface area contributed by atoms with Crippen molar-refractivity contribution in [3.05, 3.63) is 29.3 Å². The minimum Gasteiger partial charge on any atom is -0.496 e. The number of aliphatic hydroxyl groups excluding tert-OH is 1. The quantitative estimate of drug-likeness (QED) is 0.729. The lowest BCUT2D eigenvalue weighted by molar-refractivity contribution is 0.139. The minimum atomic E-state index is -0.588. The van der Waals surface area contributed by atoms with Crippen molar-refractivity contribution >= 4 is 0 Å². The minimum absolute atomic E-state index is 0.588. The van der Waals surface area contributed by atoms with Crippen molar-refractivity contribution < 1.29 is 9.84 Å². The van der Waals surface area contributed by atoms with E-state index >= 15 is 0 Å². The molecule has 0 aromatic heterocycles. The fourth-order valence-electron chi connectivity index (χ4n) is 1.47. The van der Waals surface area contributed by atoms with Crippen LogP contribution >= 0.6 is 0 Å².